The van der Waals surface area contributed by atoms with Crippen LogP contribution in [0.4, 0.5) is 0 Å². The third kappa shape index (κ3) is 28.9. The van der Waals surface area contributed by atoms with Crippen molar-refractivity contribution in [1.29, 1.82) is 0 Å². The lowest BCUT2D eigenvalue weighted by Crippen LogP contribution is -2.12. The third-order valence-corrected chi connectivity index (χ3v) is 23.0. The van der Waals surface area contributed by atoms with Crippen molar-refractivity contribution in [2.75, 3.05) is 0 Å². The van der Waals surface area contributed by atoms with E-state index in [2.05, 4.69) is 429 Å². The van der Waals surface area contributed by atoms with E-state index < -0.39 is 0 Å². The summed E-state index contributed by atoms with van der Waals surface area (Å²) in [7, 11) is 0. The molecule has 18 rings (SSSR count). The second-order valence-electron chi connectivity index (χ2n) is 43.8. The van der Waals surface area contributed by atoms with E-state index in [9.17, 15) is 0 Å². The van der Waals surface area contributed by atoms with Crippen molar-refractivity contribution in [3.8, 4) is 0 Å². The molecular weight excluding hydrogens is 1630 g/mol. The highest BCUT2D eigenvalue weighted by Gasteiger charge is 2.24. The Kier molecular flexibility index (Phi) is 33.6. The van der Waals surface area contributed by atoms with Crippen LogP contribution >= 0.6 is 0 Å². The highest BCUT2D eigenvalue weighted by molar-refractivity contribution is 5.86. The van der Waals surface area contributed by atoms with E-state index in [0.29, 0.717) is 0 Å². The van der Waals surface area contributed by atoms with Crippen molar-refractivity contribution in [1.82, 2.24) is 69.8 Å². The normalized spacial score (nSPS) is 11.9. The monoisotopic (exact) mass is 1770 g/mol. The molecule has 0 saturated carbocycles. The van der Waals surface area contributed by atoms with Crippen LogP contribution in [-0.2, 0) is 48.7 Å². The van der Waals surface area contributed by atoms with E-state index in [4.69, 9.17) is 0 Å². The number of fused-ring (bicyclic) bond motifs is 9. The molecule has 133 heavy (non-hydrogen) atoms. The van der Waals surface area contributed by atoms with Crippen LogP contribution < -0.4 is 0 Å². The van der Waals surface area contributed by atoms with Gasteiger partial charge in [-0.15, -0.1) is 0 Å². The van der Waals surface area contributed by atoms with Gasteiger partial charge in [0.2, 0.25) is 0 Å². The maximum atomic E-state index is 4.61. The van der Waals surface area contributed by atoms with Gasteiger partial charge in [0.15, 0.2) is 0 Å². The fraction of sp³-hybridized carbons (Fsp3) is 0.361. The molecule has 0 aliphatic carbocycles. The van der Waals surface area contributed by atoms with E-state index in [1.54, 1.807) is 31.0 Å². The number of para-hydroxylation sites is 2. The molecule has 10 heterocycles. The Labute approximate surface area is 794 Å². The second-order valence-corrected chi connectivity index (χ2v) is 43.8. The number of nitrogens with zero attached hydrogens (tertiary/aromatic N) is 14. The molecule has 10 aromatic heterocycles. The quantitative estimate of drug-likeness (QED) is 0.140. The minimum absolute atomic E-state index is 0. The molecule has 0 amide bonds. The lowest BCUT2D eigenvalue weighted by atomic mass is 9.84. The van der Waals surface area contributed by atoms with E-state index in [-0.39, 0.29) is 56.2 Å². The molecule has 14 heteroatoms. The zero-order valence-electron chi connectivity index (χ0n) is 85.1. The topological polar surface area (TPSA) is 180 Å². The number of rotatable bonds is 0. The van der Waals surface area contributed by atoms with Crippen LogP contribution in [0.5, 0.6) is 0 Å². The van der Waals surface area contributed by atoms with Crippen LogP contribution in [0.1, 0.15) is 278 Å². The average Bonchev–Trinajstić information content (AvgIpc) is 0.776. The number of hydrogen-bond donors (Lipinski definition) is 0. The standard InChI is InChI=1S/C15H19N.C14H18N2.C14H17N.C13H16N2.2C13H15N.3C12H14N2.CH4/c1-10-8-11(2)16-14-9-12(15(3,4)5)6-7-13(10)14;1-9-10(2)16-13-8-11(14(3,4)5)6-7-12(13)15-9;1-10-8-11-6-5-7-15-13(11)12(9-10)14(2,3)4;1-9-8-14-12-7-10(13(2,3)4)5-6-11(12)15-9;1-13(2,3)11-8-4-6-10-7-5-9-14-12(10)11;1-13(2,3)11-6-7-12-10(9-11)5-4-8-14-12;1-12(2,3)9-4-5-10-11(8-9)14-7-6-13-10;1-12(2,3)9-7-11-10(14-8-9)5-4-6-13-11;1-12(2,3)9-5-4-6-10-11(9)14-8-7-13-10;/h6-9H,1-5H3;6-8H,1-5H3;5-9H,1-4H3;5-8H,1-4H3;2*4-9H,1-3H3;3*4-8H,1-3H3;1H4. The molecule has 0 N–H and O–H groups in total. The van der Waals surface area contributed by atoms with Gasteiger partial charge in [-0.2, -0.15) is 0 Å². The molecule has 0 unspecified atom stereocenters. The number of aryl methyl sites for hydroxylation is 6. The van der Waals surface area contributed by atoms with Gasteiger partial charge in [-0.3, -0.25) is 54.8 Å². The molecule has 0 bridgehead atoms. The zero-order valence-corrected chi connectivity index (χ0v) is 85.1. The molecule has 0 radical (unpaired) electrons. The van der Waals surface area contributed by atoms with Gasteiger partial charge in [0, 0.05) is 89.2 Å². The molecule has 18 aromatic rings. The van der Waals surface area contributed by atoms with E-state index >= 15 is 0 Å². The molecule has 0 fully saturated rings. The zero-order chi connectivity index (χ0) is 96.9. The number of benzene rings is 8. The maximum absolute atomic E-state index is 4.61. The van der Waals surface area contributed by atoms with E-state index in [1.165, 1.54) is 82.7 Å². The summed E-state index contributed by atoms with van der Waals surface area (Å²) in [4.78, 5) is 61.7. The van der Waals surface area contributed by atoms with Crippen molar-refractivity contribution in [2.45, 2.75) is 285 Å². The molecule has 0 aliphatic rings. The molecular formula is C119H146N14. The lowest BCUT2D eigenvalue weighted by Gasteiger charge is -2.21. The third-order valence-electron chi connectivity index (χ3n) is 23.0. The first-order chi connectivity index (χ1) is 61.6. The Balaban J connectivity index is 0.000000168. The maximum Gasteiger partial charge on any atom is 0.0924 e. The summed E-state index contributed by atoms with van der Waals surface area (Å²) in [5.74, 6) is 0. The number of aromatic nitrogens is 14. The molecule has 0 saturated heterocycles. The van der Waals surface area contributed by atoms with Gasteiger partial charge < -0.3 is 0 Å². The summed E-state index contributed by atoms with van der Waals surface area (Å²) < 4.78 is 0. The summed E-state index contributed by atoms with van der Waals surface area (Å²) in [5.41, 5.74) is 34.1. The van der Waals surface area contributed by atoms with Gasteiger partial charge in [0.1, 0.15) is 0 Å². The molecule has 692 valence electrons. The van der Waals surface area contributed by atoms with Crippen LogP contribution in [0, 0.1) is 41.5 Å². The smallest absolute Gasteiger partial charge is 0.0924 e. The highest BCUT2D eigenvalue weighted by atomic mass is 14.8. The largest absolute Gasteiger partial charge is 0.256 e. The Morgan fingerprint density at radius 3 is 1.08 bits per heavy atom. The second kappa shape index (κ2) is 42.9. The van der Waals surface area contributed by atoms with Crippen molar-refractivity contribution < 1.29 is 0 Å². The minimum Gasteiger partial charge on any atom is -0.256 e. The lowest BCUT2D eigenvalue weighted by molar-refractivity contribution is 0.588. The molecule has 14 nitrogen and oxygen atoms in total. The van der Waals surface area contributed by atoms with Crippen LogP contribution in [0.15, 0.2) is 262 Å². The van der Waals surface area contributed by atoms with Crippen LogP contribution in [0.25, 0.3) is 98.8 Å². The first-order valence-electron chi connectivity index (χ1n) is 46.2. The summed E-state index contributed by atoms with van der Waals surface area (Å²) in [6.07, 6.45) is 18.0. The van der Waals surface area contributed by atoms with Crippen LogP contribution in [-0.4, -0.2) is 69.8 Å². The Morgan fingerprint density at radius 2 is 0.541 bits per heavy atom. The van der Waals surface area contributed by atoms with E-state index in [0.717, 1.165) is 100 Å². The first kappa shape index (κ1) is 104. The van der Waals surface area contributed by atoms with Crippen molar-refractivity contribution in [3.05, 3.63) is 346 Å². The van der Waals surface area contributed by atoms with Gasteiger partial charge in [-0.1, -0.05) is 291 Å². The minimum atomic E-state index is 0. The fourth-order valence-corrected chi connectivity index (χ4v) is 14.9. The number of pyridine rings is 6. The SMILES string of the molecule is C.CC(C)(C)c1ccc2ncccc2c1.CC(C)(C)c1ccc2nccnc2c1.CC(C)(C)c1cccc2cccnc12.CC(C)(C)c1cccc2nccnc12.CC(C)(C)c1cnc2cccnc2c1.Cc1cc(C(C)(C)C)c2ncccc2c1.Cc1cc(C)c2ccc(C(C)(C)C)cc2n1.Cc1cnc2cc(C(C)(C)C)ccc2n1.Cc1nc2ccc(C(C)(C)C)cc2nc1C. The van der Waals surface area contributed by atoms with Crippen molar-refractivity contribution >= 4 is 98.8 Å². The first-order valence-corrected chi connectivity index (χ1v) is 46.2. The summed E-state index contributed by atoms with van der Waals surface area (Å²) in [5, 5.41) is 4.95. The van der Waals surface area contributed by atoms with Crippen molar-refractivity contribution in [3.63, 3.8) is 0 Å². The highest BCUT2D eigenvalue weighted by Crippen LogP contribution is 2.35. The van der Waals surface area contributed by atoms with Gasteiger partial charge in [0.25, 0.3) is 0 Å². The fourth-order valence-electron chi connectivity index (χ4n) is 14.9. The van der Waals surface area contributed by atoms with Gasteiger partial charge in [-0.05, 0) is 255 Å². The molecule has 0 aliphatic heterocycles. The predicted molar refractivity (Wildman–Crippen MR) is 568 cm³/mol. The Bertz CT molecular complexity index is 6660. The van der Waals surface area contributed by atoms with Crippen LogP contribution in [0.2, 0.25) is 0 Å². The van der Waals surface area contributed by atoms with Gasteiger partial charge in [-0.25, -0.2) is 15.0 Å². The average molecular weight is 1770 g/mol. The van der Waals surface area contributed by atoms with E-state index in [1.807, 2.05) is 100 Å². The molecule has 8 aromatic carbocycles. The summed E-state index contributed by atoms with van der Waals surface area (Å²) in [6.45, 7) is 72.0. The predicted octanol–water partition coefficient (Wildman–Crippen LogP) is 31.3. The van der Waals surface area contributed by atoms with Crippen molar-refractivity contribution in [2.24, 2.45) is 0 Å². The number of hydrogen-bond acceptors (Lipinski definition) is 14. The molecule has 0 atom stereocenters. The Morgan fingerprint density at radius 1 is 0.195 bits per heavy atom. The molecule has 0 spiro atoms. The van der Waals surface area contributed by atoms with Gasteiger partial charge >= 0.3 is 0 Å². The Hall–Kier alpha value is -12.7. The van der Waals surface area contributed by atoms with Gasteiger partial charge in [0.05, 0.1) is 94.3 Å². The summed E-state index contributed by atoms with van der Waals surface area (Å²) >= 11 is 0. The summed E-state index contributed by atoms with van der Waals surface area (Å²) in [6, 6.07) is 69.5. The van der Waals surface area contributed by atoms with Crippen LogP contribution in [0.3, 0.4) is 0 Å².